The summed E-state index contributed by atoms with van der Waals surface area (Å²) in [6, 6.07) is 16.9. The average molecular weight is 448 g/mol. The van der Waals surface area contributed by atoms with E-state index < -0.39 is 0 Å². The number of aromatic nitrogens is 3. The summed E-state index contributed by atoms with van der Waals surface area (Å²) >= 11 is 0. The molecule has 2 aliphatic rings. The number of rotatable bonds is 11. The van der Waals surface area contributed by atoms with Crippen molar-refractivity contribution < 1.29 is 9.47 Å². The smallest absolute Gasteiger partial charge is 0.138 e. The lowest BCUT2D eigenvalue weighted by atomic mass is 10.0. The summed E-state index contributed by atoms with van der Waals surface area (Å²) in [5, 5.41) is 7.75. The maximum absolute atomic E-state index is 6.02. The number of likely N-dealkylation sites (tertiary alicyclic amines) is 1. The largest absolute Gasteiger partial charge is 0.492 e. The summed E-state index contributed by atoms with van der Waals surface area (Å²) in [4.78, 5) is 2.49. The van der Waals surface area contributed by atoms with E-state index in [-0.39, 0.29) is 6.04 Å². The first-order valence-electron chi connectivity index (χ1n) is 12.1. The molecule has 7 nitrogen and oxygen atoms in total. The molecule has 2 heterocycles. The van der Waals surface area contributed by atoms with Crippen LogP contribution in [0.4, 0.5) is 0 Å². The molecule has 2 aromatic carbocycles. The van der Waals surface area contributed by atoms with Crippen LogP contribution in [0.15, 0.2) is 61.2 Å². The number of hydrogen-bond donors (Lipinski definition) is 1. The lowest BCUT2D eigenvalue weighted by molar-refractivity contribution is 0.183. The molecular formula is C26H33N5O2. The van der Waals surface area contributed by atoms with Gasteiger partial charge < -0.3 is 14.9 Å². The molecule has 1 aliphatic heterocycles. The van der Waals surface area contributed by atoms with Gasteiger partial charge in [-0.15, -0.1) is 10.2 Å². The van der Waals surface area contributed by atoms with Crippen molar-refractivity contribution in [1.29, 1.82) is 0 Å². The van der Waals surface area contributed by atoms with Crippen LogP contribution in [-0.2, 0) is 6.61 Å². The molecule has 1 unspecified atom stereocenters. The zero-order valence-electron chi connectivity index (χ0n) is 19.1. The molecule has 1 atom stereocenters. The normalized spacial score (nSPS) is 17.5. The van der Waals surface area contributed by atoms with Crippen molar-refractivity contribution in [3.05, 3.63) is 72.3 Å². The van der Waals surface area contributed by atoms with Crippen molar-refractivity contribution in [1.82, 2.24) is 19.8 Å². The highest BCUT2D eigenvalue weighted by Crippen LogP contribution is 2.41. The fourth-order valence-electron chi connectivity index (χ4n) is 4.41. The van der Waals surface area contributed by atoms with Crippen molar-refractivity contribution in [2.24, 2.45) is 5.92 Å². The van der Waals surface area contributed by atoms with E-state index in [0.717, 1.165) is 30.2 Å². The van der Waals surface area contributed by atoms with Crippen LogP contribution in [0.5, 0.6) is 11.5 Å². The third kappa shape index (κ3) is 6.26. The first-order valence-corrected chi connectivity index (χ1v) is 12.1. The minimum absolute atomic E-state index is 0.262. The Labute approximate surface area is 195 Å². The van der Waals surface area contributed by atoms with Crippen LogP contribution in [0.25, 0.3) is 0 Å². The molecule has 1 aliphatic carbocycles. The molecule has 5 rings (SSSR count). The second kappa shape index (κ2) is 10.7. The quantitative estimate of drug-likeness (QED) is 0.470. The van der Waals surface area contributed by atoms with Gasteiger partial charge in [-0.1, -0.05) is 30.7 Å². The Kier molecular flexibility index (Phi) is 7.06. The van der Waals surface area contributed by atoms with Gasteiger partial charge >= 0.3 is 0 Å². The van der Waals surface area contributed by atoms with Crippen molar-refractivity contribution in [3.8, 4) is 11.5 Å². The Morgan fingerprint density at radius 1 is 0.848 bits per heavy atom. The maximum atomic E-state index is 6.02. The van der Waals surface area contributed by atoms with Gasteiger partial charge in [-0.05, 0) is 80.1 Å². The van der Waals surface area contributed by atoms with E-state index in [9.17, 15) is 0 Å². The molecule has 3 aromatic rings. The first-order chi connectivity index (χ1) is 16.3. The van der Waals surface area contributed by atoms with Crippen LogP contribution in [0, 0.1) is 5.92 Å². The predicted molar refractivity (Wildman–Crippen MR) is 128 cm³/mol. The zero-order valence-corrected chi connectivity index (χ0v) is 19.1. The number of nitrogens with one attached hydrogen (secondary N) is 1. The van der Waals surface area contributed by atoms with E-state index in [0.29, 0.717) is 12.5 Å². The van der Waals surface area contributed by atoms with Gasteiger partial charge in [-0.25, -0.2) is 4.68 Å². The Bertz CT molecular complexity index is 965. The summed E-state index contributed by atoms with van der Waals surface area (Å²) in [5.41, 5.74) is 5.88. The highest BCUT2D eigenvalue weighted by Gasteiger charge is 2.32. The Hall–Kier alpha value is -3.06. The van der Waals surface area contributed by atoms with Crippen molar-refractivity contribution in [2.45, 2.75) is 44.8 Å². The van der Waals surface area contributed by atoms with E-state index in [2.05, 4.69) is 56.9 Å². The van der Waals surface area contributed by atoms with Crippen LogP contribution < -0.4 is 14.9 Å². The van der Waals surface area contributed by atoms with Gasteiger partial charge in [0.1, 0.15) is 37.4 Å². The van der Waals surface area contributed by atoms with Crippen LogP contribution in [0.1, 0.15) is 49.3 Å². The Balaban J connectivity index is 1.08. The van der Waals surface area contributed by atoms with Crippen LogP contribution >= 0.6 is 0 Å². The molecule has 174 valence electrons. The molecule has 1 aromatic heterocycles. The summed E-state index contributed by atoms with van der Waals surface area (Å²) in [6.45, 7) is 4.72. The summed E-state index contributed by atoms with van der Waals surface area (Å²) in [5.74, 6) is 2.45. The molecule has 1 saturated heterocycles. The molecule has 1 saturated carbocycles. The predicted octanol–water partition coefficient (Wildman–Crippen LogP) is 4.42. The number of hydrogen-bond acceptors (Lipinski definition) is 6. The third-order valence-electron chi connectivity index (χ3n) is 6.49. The Morgan fingerprint density at radius 3 is 2.21 bits per heavy atom. The highest BCUT2D eigenvalue weighted by atomic mass is 16.5. The second-order valence-electron chi connectivity index (χ2n) is 9.07. The van der Waals surface area contributed by atoms with Crippen LogP contribution in [0.3, 0.4) is 0 Å². The monoisotopic (exact) mass is 447 g/mol. The summed E-state index contributed by atoms with van der Waals surface area (Å²) in [7, 11) is 0. The number of ether oxygens (including phenoxy) is 2. The lowest BCUT2D eigenvalue weighted by Crippen LogP contribution is -2.33. The molecule has 0 bridgehead atoms. The molecule has 0 amide bonds. The van der Waals surface area contributed by atoms with Crippen LogP contribution in [0.2, 0.25) is 0 Å². The fourth-order valence-corrected chi connectivity index (χ4v) is 4.41. The topological polar surface area (TPSA) is 64.4 Å². The Morgan fingerprint density at radius 2 is 1.52 bits per heavy atom. The SMILES string of the molecule is c1cc(OCCN2CCCCC2)ccc1COc1ccc(C(Nn2cnnc2)C2CC2)cc1. The molecule has 0 spiro atoms. The highest BCUT2D eigenvalue weighted by molar-refractivity contribution is 5.32. The van der Waals surface area contributed by atoms with Gasteiger partial charge in [0.15, 0.2) is 0 Å². The number of nitrogens with zero attached hydrogens (tertiary/aromatic N) is 4. The zero-order chi connectivity index (χ0) is 22.3. The fraction of sp³-hybridized carbons (Fsp3) is 0.462. The van der Waals surface area contributed by atoms with Gasteiger partial charge in [0.05, 0.1) is 6.04 Å². The maximum Gasteiger partial charge on any atom is 0.138 e. The van der Waals surface area contributed by atoms with E-state index in [1.165, 1.54) is 50.8 Å². The minimum Gasteiger partial charge on any atom is -0.492 e. The molecule has 0 radical (unpaired) electrons. The van der Waals surface area contributed by atoms with Crippen molar-refractivity contribution >= 4 is 0 Å². The van der Waals surface area contributed by atoms with E-state index in [1.807, 2.05) is 16.8 Å². The lowest BCUT2D eigenvalue weighted by Gasteiger charge is -2.26. The van der Waals surface area contributed by atoms with Gasteiger partial charge in [0.2, 0.25) is 0 Å². The van der Waals surface area contributed by atoms with Gasteiger partial charge in [0, 0.05) is 6.54 Å². The molecular weight excluding hydrogens is 414 g/mol. The minimum atomic E-state index is 0.262. The molecule has 33 heavy (non-hydrogen) atoms. The second-order valence-corrected chi connectivity index (χ2v) is 9.07. The van der Waals surface area contributed by atoms with E-state index in [1.54, 1.807) is 12.7 Å². The van der Waals surface area contributed by atoms with Gasteiger partial charge in [0.25, 0.3) is 0 Å². The molecule has 2 fully saturated rings. The van der Waals surface area contributed by atoms with Crippen molar-refractivity contribution in [3.63, 3.8) is 0 Å². The average Bonchev–Trinajstić information content (AvgIpc) is 3.58. The summed E-state index contributed by atoms with van der Waals surface area (Å²) in [6.07, 6.45) is 9.88. The van der Waals surface area contributed by atoms with Gasteiger partial charge in [-0.2, -0.15) is 0 Å². The van der Waals surface area contributed by atoms with E-state index in [4.69, 9.17) is 9.47 Å². The van der Waals surface area contributed by atoms with E-state index >= 15 is 0 Å². The van der Waals surface area contributed by atoms with Gasteiger partial charge in [-0.3, -0.25) is 4.90 Å². The number of benzene rings is 2. The van der Waals surface area contributed by atoms with Crippen LogP contribution in [-0.4, -0.2) is 46.0 Å². The summed E-state index contributed by atoms with van der Waals surface area (Å²) < 4.78 is 13.8. The molecule has 1 N–H and O–H groups in total. The third-order valence-corrected chi connectivity index (χ3v) is 6.49. The molecule has 7 heteroatoms. The first kappa shape index (κ1) is 21.8. The van der Waals surface area contributed by atoms with Crippen molar-refractivity contribution in [2.75, 3.05) is 31.7 Å². The number of piperidine rings is 1. The standard InChI is InChI=1S/C26H33N5O2/c1-2-14-30(15-3-1)16-17-32-24-10-4-21(5-11-24)18-33-25-12-8-23(9-13-25)26(22-6-7-22)29-31-19-27-28-20-31/h4-5,8-13,19-20,22,26,29H,1-3,6-7,14-18H2.